The molecule has 30 heavy (non-hydrogen) atoms. The van der Waals surface area contributed by atoms with Crippen molar-refractivity contribution in [2.24, 2.45) is 0 Å². The van der Waals surface area contributed by atoms with Crippen LogP contribution in [0.3, 0.4) is 0 Å². The minimum Gasteiger partial charge on any atom is -0.508 e. The van der Waals surface area contributed by atoms with Crippen molar-refractivity contribution < 1.29 is 10.2 Å². The molecule has 0 radical (unpaired) electrons. The van der Waals surface area contributed by atoms with Crippen molar-refractivity contribution in [2.75, 3.05) is 0 Å². The maximum Gasteiger partial charge on any atom is 0.167 e. The second kappa shape index (κ2) is 8.33. The SMILES string of the molecule is CCc1ccc(-c2nc(-c3ccc(CC)cc3)nc(-c3ccc(O)cc3O)n2)cc1. The summed E-state index contributed by atoms with van der Waals surface area (Å²) in [7, 11) is 0. The number of hydrogen-bond donors (Lipinski definition) is 2. The summed E-state index contributed by atoms with van der Waals surface area (Å²) in [5.74, 6) is 1.32. The molecule has 2 N–H and O–H groups in total. The van der Waals surface area contributed by atoms with Crippen molar-refractivity contribution >= 4 is 0 Å². The van der Waals surface area contributed by atoms with Crippen LogP contribution in [0.15, 0.2) is 66.7 Å². The number of aromatic hydroxyl groups is 2. The average Bonchev–Trinajstić information content (AvgIpc) is 2.79. The van der Waals surface area contributed by atoms with Crippen LogP contribution in [0.4, 0.5) is 0 Å². The molecule has 1 aromatic heterocycles. The van der Waals surface area contributed by atoms with Crippen LogP contribution in [0.5, 0.6) is 11.5 Å². The van der Waals surface area contributed by atoms with Crippen molar-refractivity contribution in [2.45, 2.75) is 26.7 Å². The standard InChI is InChI=1S/C25H23N3O2/c1-3-16-5-9-18(10-6-16)23-26-24(19-11-7-17(4-2)8-12-19)28-25(27-23)21-14-13-20(29)15-22(21)30/h5-15,29-30H,3-4H2,1-2H3. The van der Waals surface area contributed by atoms with Gasteiger partial charge in [-0.05, 0) is 36.1 Å². The number of hydrogen-bond acceptors (Lipinski definition) is 5. The summed E-state index contributed by atoms with van der Waals surface area (Å²) >= 11 is 0. The van der Waals surface area contributed by atoms with Gasteiger partial charge in [-0.1, -0.05) is 62.4 Å². The minimum atomic E-state index is -0.0826. The van der Waals surface area contributed by atoms with Gasteiger partial charge in [-0.3, -0.25) is 0 Å². The van der Waals surface area contributed by atoms with Crippen LogP contribution in [0.2, 0.25) is 0 Å². The molecule has 4 rings (SSSR count). The van der Waals surface area contributed by atoms with Gasteiger partial charge >= 0.3 is 0 Å². The molecule has 0 saturated heterocycles. The van der Waals surface area contributed by atoms with Crippen molar-refractivity contribution in [1.29, 1.82) is 0 Å². The van der Waals surface area contributed by atoms with Crippen molar-refractivity contribution in [3.8, 4) is 45.7 Å². The molecule has 0 fully saturated rings. The van der Waals surface area contributed by atoms with Gasteiger partial charge in [0.25, 0.3) is 0 Å². The van der Waals surface area contributed by atoms with E-state index in [1.54, 1.807) is 6.07 Å². The number of benzene rings is 3. The molecule has 0 bridgehead atoms. The summed E-state index contributed by atoms with van der Waals surface area (Å²) in [6.45, 7) is 4.23. The Morgan fingerprint density at radius 2 is 1.07 bits per heavy atom. The summed E-state index contributed by atoms with van der Waals surface area (Å²) in [6, 6.07) is 20.6. The van der Waals surface area contributed by atoms with E-state index in [9.17, 15) is 10.2 Å². The summed E-state index contributed by atoms with van der Waals surface area (Å²) in [5, 5.41) is 20.0. The molecule has 4 aromatic rings. The normalized spacial score (nSPS) is 10.9. The Morgan fingerprint density at radius 3 is 1.50 bits per heavy atom. The molecule has 0 aliphatic heterocycles. The zero-order chi connectivity index (χ0) is 21.1. The third-order valence-electron chi connectivity index (χ3n) is 5.10. The van der Waals surface area contributed by atoms with Crippen LogP contribution >= 0.6 is 0 Å². The lowest BCUT2D eigenvalue weighted by Gasteiger charge is -2.10. The van der Waals surface area contributed by atoms with E-state index >= 15 is 0 Å². The first-order valence-corrected chi connectivity index (χ1v) is 10.0. The summed E-state index contributed by atoms with van der Waals surface area (Å²) in [6.07, 6.45) is 1.91. The number of aromatic nitrogens is 3. The van der Waals surface area contributed by atoms with Crippen LogP contribution in [-0.4, -0.2) is 25.2 Å². The Labute approximate surface area is 175 Å². The van der Waals surface area contributed by atoms with Crippen LogP contribution < -0.4 is 0 Å². The van der Waals surface area contributed by atoms with E-state index in [1.165, 1.54) is 23.3 Å². The first kappa shape index (κ1) is 19.6. The van der Waals surface area contributed by atoms with Crippen LogP contribution in [-0.2, 0) is 12.8 Å². The maximum atomic E-state index is 10.3. The van der Waals surface area contributed by atoms with Gasteiger partial charge in [0, 0.05) is 17.2 Å². The highest BCUT2D eigenvalue weighted by Gasteiger charge is 2.15. The van der Waals surface area contributed by atoms with Crippen molar-refractivity contribution in [1.82, 2.24) is 15.0 Å². The number of nitrogens with zero attached hydrogens (tertiary/aromatic N) is 3. The average molecular weight is 397 g/mol. The second-order valence-corrected chi connectivity index (χ2v) is 7.11. The molecule has 0 aliphatic rings. The van der Waals surface area contributed by atoms with E-state index in [1.807, 2.05) is 24.3 Å². The summed E-state index contributed by atoms with van der Waals surface area (Å²) in [5.41, 5.74) is 4.66. The maximum absolute atomic E-state index is 10.3. The molecule has 3 aromatic carbocycles. The van der Waals surface area contributed by atoms with E-state index in [0.717, 1.165) is 24.0 Å². The number of phenolic OH excluding ortho intramolecular Hbond substituents is 2. The Hall–Kier alpha value is -3.73. The van der Waals surface area contributed by atoms with Crippen molar-refractivity contribution in [3.05, 3.63) is 77.9 Å². The van der Waals surface area contributed by atoms with Gasteiger partial charge in [0.1, 0.15) is 11.5 Å². The highest BCUT2D eigenvalue weighted by atomic mass is 16.3. The third kappa shape index (κ3) is 4.01. The smallest absolute Gasteiger partial charge is 0.167 e. The fourth-order valence-corrected chi connectivity index (χ4v) is 3.24. The predicted molar refractivity (Wildman–Crippen MR) is 118 cm³/mol. The summed E-state index contributed by atoms with van der Waals surface area (Å²) < 4.78 is 0. The molecule has 1 heterocycles. The molecule has 0 amide bonds. The molecule has 5 nitrogen and oxygen atoms in total. The van der Waals surface area contributed by atoms with E-state index in [4.69, 9.17) is 4.98 Å². The first-order chi connectivity index (χ1) is 14.6. The first-order valence-electron chi connectivity index (χ1n) is 10.0. The minimum absolute atomic E-state index is 0.0175. The lowest BCUT2D eigenvalue weighted by molar-refractivity contribution is 0.451. The van der Waals surface area contributed by atoms with Crippen LogP contribution in [0, 0.1) is 0 Å². The van der Waals surface area contributed by atoms with Gasteiger partial charge < -0.3 is 10.2 Å². The van der Waals surface area contributed by atoms with Gasteiger partial charge in [0.2, 0.25) is 0 Å². The monoisotopic (exact) mass is 397 g/mol. The van der Waals surface area contributed by atoms with Gasteiger partial charge in [-0.2, -0.15) is 0 Å². The van der Waals surface area contributed by atoms with Gasteiger partial charge in [0.05, 0.1) is 5.56 Å². The second-order valence-electron chi connectivity index (χ2n) is 7.11. The lowest BCUT2D eigenvalue weighted by Crippen LogP contribution is -2.00. The molecule has 0 atom stereocenters. The Balaban J connectivity index is 1.88. The van der Waals surface area contributed by atoms with Crippen molar-refractivity contribution in [3.63, 3.8) is 0 Å². The lowest BCUT2D eigenvalue weighted by atomic mass is 10.1. The molecule has 5 heteroatoms. The van der Waals surface area contributed by atoms with Gasteiger partial charge in [-0.25, -0.2) is 15.0 Å². The molecule has 0 unspecified atom stereocenters. The zero-order valence-corrected chi connectivity index (χ0v) is 17.0. The van der Waals surface area contributed by atoms with Crippen LogP contribution in [0.1, 0.15) is 25.0 Å². The number of aryl methyl sites for hydroxylation is 2. The highest BCUT2D eigenvalue weighted by Crippen LogP contribution is 2.32. The van der Waals surface area contributed by atoms with E-state index in [2.05, 4.69) is 48.1 Å². The Bertz CT molecular complexity index is 1100. The highest BCUT2D eigenvalue weighted by molar-refractivity contribution is 5.70. The van der Waals surface area contributed by atoms with E-state index in [-0.39, 0.29) is 11.5 Å². The summed E-state index contributed by atoms with van der Waals surface area (Å²) in [4.78, 5) is 13.9. The zero-order valence-electron chi connectivity index (χ0n) is 17.0. The molecular weight excluding hydrogens is 374 g/mol. The largest absolute Gasteiger partial charge is 0.508 e. The number of phenols is 2. The van der Waals surface area contributed by atoms with Gasteiger partial charge in [-0.15, -0.1) is 0 Å². The Kier molecular flexibility index (Phi) is 5.44. The fraction of sp³-hybridized carbons (Fsp3) is 0.160. The molecule has 0 aliphatic carbocycles. The van der Waals surface area contributed by atoms with E-state index < -0.39 is 0 Å². The molecule has 150 valence electrons. The van der Waals surface area contributed by atoms with Gasteiger partial charge in [0.15, 0.2) is 17.5 Å². The Morgan fingerprint density at radius 1 is 0.600 bits per heavy atom. The molecule has 0 saturated carbocycles. The third-order valence-corrected chi connectivity index (χ3v) is 5.10. The quantitative estimate of drug-likeness (QED) is 0.471. The number of rotatable bonds is 5. The van der Waals surface area contributed by atoms with Crippen LogP contribution in [0.25, 0.3) is 34.2 Å². The molecule has 0 spiro atoms. The predicted octanol–water partition coefficient (Wildman–Crippen LogP) is 5.41. The topological polar surface area (TPSA) is 79.1 Å². The fourth-order valence-electron chi connectivity index (χ4n) is 3.24. The van der Waals surface area contributed by atoms with E-state index in [0.29, 0.717) is 23.0 Å². The molecular formula is C25H23N3O2.